The Morgan fingerprint density at radius 1 is 1.52 bits per heavy atom. The number of β-amino-alcohol motifs (C(OH)–C–C–N with tert-alkyl or cyclic N) is 1. The minimum absolute atomic E-state index is 0.129. The highest BCUT2D eigenvalue weighted by atomic mass is 16.5. The predicted molar refractivity (Wildman–Crippen MR) is 74.6 cm³/mol. The van der Waals surface area contributed by atoms with Crippen LogP contribution in [0.1, 0.15) is 5.56 Å². The number of carbonyl (C=O) groups is 2. The molecule has 0 saturated carbocycles. The van der Waals surface area contributed by atoms with Crippen LogP contribution in [-0.2, 0) is 9.59 Å². The van der Waals surface area contributed by atoms with Gasteiger partial charge in [0.25, 0.3) is 5.91 Å². The molecule has 0 bridgehead atoms. The molecule has 0 radical (unpaired) electrons. The van der Waals surface area contributed by atoms with E-state index in [-0.39, 0.29) is 25.7 Å². The maximum Gasteiger partial charge on any atom is 0.328 e. The maximum absolute atomic E-state index is 11.9. The number of benzene rings is 1. The van der Waals surface area contributed by atoms with Crippen LogP contribution >= 0.6 is 0 Å². The van der Waals surface area contributed by atoms with E-state index in [1.54, 1.807) is 12.1 Å². The van der Waals surface area contributed by atoms with Gasteiger partial charge >= 0.3 is 5.97 Å². The van der Waals surface area contributed by atoms with Crippen molar-refractivity contribution in [2.75, 3.05) is 31.8 Å². The fourth-order valence-electron chi connectivity index (χ4n) is 2.06. The second-order valence-corrected chi connectivity index (χ2v) is 4.30. The predicted octanol–water partition coefficient (Wildman–Crippen LogP) is 0.511. The molecule has 1 aromatic rings. The lowest BCUT2D eigenvalue weighted by Gasteiger charge is -2.30. The molecule has 112 valence electrons. The quantitative estimate of drug-likeness (QED) is 0.768. The van der Waals surface area contributed by atoms with Gasteiger partial charge in [0.2, 0.25) is 0 Å². The van der Waals surface area contributed by atoms with E-state index in [4.69, 9.17) is 19.7 Å². The Hall–Kier alpha value is -2.54. The minimum atomic E-state index is -1.08. The molecule has 1 aliphatic rings. The van der Waals surface area contributed by atoms with Crippen molar-refractivity contribution in [2.24, 2.45) is 0 Å². The van der Waals surface area contributed by atoms with Crippen molar-refractivity contribution in [1.82, 2.24) is 0 Å². The number of nitrogens with zero attached hydrogens (tertiary/aromatic N) is 1. The van der Waals surface area contributed by atoms with E-state index >= 15 is 0 Å². The number of carboxylic acids is 1. The second kappa shape index (κ2) is 6.27. The molecule has 1 heterocycles. The van der Waals surface area contributed by atoms with E-state index in [9.17, 15) is 9.59 Å². The van der Waals surface area contributed by atoms with Gasteiger partial charge in [-0.2, -0.15) is 0 Å². The van der Waals surface area contributed by atoms with Crippen LogP contribution in [0.4, 0.5) is 5.69 Å². The van der Waals surface area contributed by atoms with Gasteiger partial charge in [0.1, 0.15) is 0 Å². The SMILES string of the molecule is COc1cc(/C=C/C(=O)O)cc2c1OCC(=O)N2CCO. The van der Waals surface area contributed by atoms with Crippen LogP contribution < -0.4 is 14.4 Å². The van der Waals surface area contributed by atoms with Gasteiger partial charge < -0.3 is 24.6 Å². The number of aliphatic carboxylic acids is 1. The number of rotatable bonds is 5. The first-order valence-electron chi connectivity index (χ1n) is 6.24. The fraction of sp³-hybridized carbons (Fsp3) is 0.286. The van der Waals surface area contributed by atoms with Crippen molar-refractivity contribution in [3.8, 4) is 11.5 Å². The number of anilines is 1. The van der Waals surface area contributed by atoms with E-state index in [1.807, 2.05) is 0 Å². The average Bonchev–Trinajstić information content (AvgIpc) is 2.47. The lowest BCUT2D eigenvalue weighted by Crippen LogP contribution is -2.40. The van der Waals surface area contributed by atoms with Gasteiger partial charge in [0.15, 0.2) is 18.1 Å². The molecule has 1 aromatic carbocycles. The van der Waals surface area contributed by atoms with E-state index < -0.39 is 5.97 Å². The zero-order valence-corrected chi connectivity index (χ0v) is 11.4. The number of hydrogen-bond donors (Lipinski definition) is 2. The zero-order chi connectivity index (χ0) is 15.4. The zero-order valence-electron chi connectivity index (χ0n) is 11.4. The van der Waals surface area contributed by atoms with E-state index in [1.165, 1.54) is 18.1 Å². The number of amides is 1. The molecule has 0 aromatic heterocycles. The monoisotopic (exact) mass is 293 g/mol. The third kappa shape index (κ3) is 3.14. The Labute approximate surface area is 121 Å². The molecule has 1 amide bonds. The van der Waals surface area contributed by atoms with E-state index in [0.717, 1.165) is 6.08 Å². The van der Waals surface area contributed by atoms with Crippen LogP contribution in [0, 0.1) is 0 Å². The van der Waals surface area contributed by atoms with Crippen LogP contribution in [-0.4, -0.2) is 49.0 Å². The van der Waals surface area contributed by atoms with Crippen LogP contribution in [0.3, 0.4) is 0 Å². The van der Waals surface area contributed by atoms with Crippen molar-refractivity contribution in [2.45, 2.75) is 0 Å². The minimum Gasteiger partial charge on any atom is -0.493 e. The molecule has 0 unspecified atom stereocenters. The summed E-state index contributed by atoms with van der Waals surface area (Å²) in [6.07, 6.45) is 2.38. The third-order valence-electron chi connectivity index (χ3n) is 2.95. The topological polar surface area (TPSA) is 96.3 Å². The van der Waals surface area contributed by atoms with E-state index in [0.29, 0.717) is 22.7 Å². The molecule has 2 N–H and O–H groups in total. The summed E-state index contributed by atoms with van der Waals surface area (Å²) in [6, 6.07) is 3.23. The molecule has 7 nitrogen and oxygen atoms in total. The van der Waals surface area contributed by atoms with Gasteiger partial charge in [-0.3, -0.25) is 4.79 Å². The average molecular weight is 293 g/mol. The summed E-state index contributed by atoms with van der Waals surface area (Å²) in [6.45, 7) is -0.194. The van der Waals surface area contributed by atoms with Crippen molar-refractivity contribution in [3.05, 3.63) is 23.8 Å². The highest BCUT2D eigenvalue weighted by Crippen LogP contribution is 2.41. The van der Waals surface area contributed by atoms with Crippen LogP contribution in [0.15, 0.2) is 18.2 Å². The number of hydrogen-bond acceptors (Lipinski definition) is 5. The molecular formula is C14H15NO6. The molecule has 2 rings (SSSR count). The Morgan fingerprint density at radius 3 is 2.90 bits per heavy atom. The van der Waals surface area contributed by atoms with E-state index in [2.05, 4.69) is 0 Å². The summed E-state index contributed by atoms with van der Waals surface area (Å²) in [7, 11) is 1.45. The van der Waals surface area contributed by atoms with Gasteiger partial charge in [0, 0.05) is 12.6 Å². The molecule has 0 fully saturated rings. The summed E-state index contributed by atoms with van der Waals surface area (Å²) in [5.41, 5.74) is 0.999. The highest BCUT2D eigenvalue weighted by Gasteiger charge is 2.28. The molecule has 0 atom stereocenters. The van der Waals surface area contributed by atoms with Gasteiger partial charge in [-0.05, 0) is 23.8 Å². The van der Waals surface area contributed by atoms with Crippen LogP contribution in [0.2, 0.25) is 0 Å². The fourth-order valence-corrected chi connectivity index (χ4v) is 2.06. The van der Waals surface area contributed by atoms with Crippen molar-refractivity contribution in [1.29, 1.82) is 0 Å². The Morgan fingerprint density at radius 2 is 2.29 bits per heavy atom. The first-order valence-corrected chi connectivity index (χ1v) is 6.24. The number of methoxy groups -OCH3 is 1. The second-order valence-electron chi connectivity index (χ2n) is 4.30. The molecule has 0 saturated heterocycles. The van der Waals surface area contributed by atoms with Crippen molar-refractivity contribution in [3.63, 3.8) is 0 Å². The van der Waals surface area contributed by atoms with Gasteiger partial charge in [-0.25, -0.2) is 4.79 Å². The smallest absolute Gasteiger partial charge is 0.328 e. The molecule has 21 heavy (non-hydrogen) atoms. The Bertz CT molecular complexity index is 595. The van der Waals surface area contributed by atoms with Gasteiger partial charge in [-0.1, -0.05) is 0 Å². The van der Waals surface area contributed by atoms with Gasteiger partial charge in [-0.15, -0.1) is 0 Å². The Balaban J connectivity index is 2.50. The van der Waals surface area contributed by atoms with Crippen LogP contribution in [0.25, 0.3) is 6.08 Å². The first-order chi connectivity index (χ1) is 10.1. The molecule has 1 aliphatic heterocycles. The molecule has 0 aliphatic carbocycles. The molecule has 0 spiro atoms. The molecular weight excluding hydrogens is 278 g/mol. The summed E-state index contributed by atoms with van der Waals surface area (Å²) < 4.78 is 10.6. The summed E-state index contributed by atoms with van der Waals surface area (Å²) >= 11 is 0. The number of carboxylic acid groups (broad SMARTS) is 1. The summed E-state index contributed by atoms with van der Waals surface area (Å²) in [5.74, 6) is -0.560. The number of carbonyl (C=O) groups excluding carboxylic acids is 1. The molecule has 7 heteroatoms. The lowest BCUT2D eigenvalue weighted by molar-refractivity contribution is -0.131. The summed E-state index contributed by atoms with van der Waals surface area (Å²) in [4.78, 5) is 23.8. The normalized spacial score (nSPS) is 14.0. The van der Waals surface area contributed by atoms with Crippen molar-refractivity contribution >= 4 is 23.6 Å². The first kappa shape index (κ1) is 14.9. The Kier molecular flexibility index (Phi) is 4.44. The number of fused-ring (bicyclic) bond motifs is 1. The number of ether oxygens (including phenoxy) is 2. The number of aliphatic hydroxyl groups is 1. The van der Waals surface area contributed by atoms with Crippen molar-refractivity contribution < 1.29 is 29.3 Å². The number of aliphatic hydroxyl groups excluding tert-OH is 1. The van der Waals surface area contributed by atoms with Gasteiger partial charge in [0.05, 0.1) is 19.4 Å². The highest BCUT2D eigenvalue weighted by molar-refractivity contribution is 5.99. The summed E-state index contributed by atoms with van der Waals surface area (Å²) in [5, 5.41) is 17.8. The lowest BCUT2D eigenvalue weighted by atomic mass is 10.1. The standard InChI is InChI=1S/C14H15NO6/c1-20-11-7-9(2-3-13(18)19)6-10-14(11)21-8-12(17)15(10)4-5-16/h2-3,6-7,16H,4-5,8H2,1H3,(H,18,19)/b3-2+. The third-order valence-corrected chi connectivity index (χ3v) is 2.95. The largest absolute Gasteiger partial charge is 0.493 e. The maximum atomic E-state index is 11.9. The van der Waals surface area contributed by atoms with Crippen LogP contribution in [0.5, 0.6) is 11.5 Å².